The van der Waals surface area contributed by atoms with Gasteiger partial charge in [-0.3, -0.25) is 0 Å². The summed E-state index contributed by atoms with van der Waals surface area (Å²) < 4.78 is 105. The maximum absolute atomic E-state index is 15.4. The van der Waals surface area contributed by atoms with E-state index in [0.717, 1.165) is 31.4 Å². The van der Waals surface area contributed by atoms with E-state index < -0.39 is 45.7 Å². The van der Waals surface area contributed by atoms with E-state index in [9.17, 15) is 8.78 Å². The summed E-state index contributed by atoms with van der Waals surface area (Å²) in [5, 5.41) is 0. The molecule has 3 aromatic rings. The summed E-state index contributed by atoms with van der Waals surface area (Å²) in [6.45, 7) is 3.77. The molecule has 3 aromatic carbocycles. The molecule has 37 heavy (non-hydrogen) atoms. The zero-order valence-corrected chi connectivity index (χ0v) is 20.8. The van der Waals surface area contributed by atoms with Crippen molar-refractivity contribution in [3.8, 4) is 11.1 Å². The smallest absolute Gasteiger partial charge is 0.207 e. The van der Waals surface area contributed by atoms with Gasteiger partial charge >= 0.3 is 11.8 Å². The molecule has 0 radical (unpaired) electrons. The third-order valence-electron chi connectivity index (χ3n) is 7.13. The van der Waals surface area contributed by atoms with Crippen molar-refractivity contribution in [1.82, 2.24) is 0 Å². The molecule has 0 spiro atoms. The van der Waals surface area contributed by atoms with E-state index in [1.54, 1.807) is 19.1 Å². The molecule has 0 aromatic heterocycles. The summed E-state index contributed by atoms with van der Waals surface area (Å²) in [6.07, 6.45) is 4.06. The zero-order chi connectivity index (χ0) is 27.0. The van der Waals surface area contributed by atoms with Gasteiger partial charge in [0.05, 0.1) is 11.1 Å². The van der Waals surface area contributed by atoms with Crippen LogP contribution in [0.1, 0.15) is 72.9 Å². The predicted octanol–water partition coefficient (Wildman–Crippen LogP) is 9.44. The molecule has 0 aliphatic heterocycles. The van der Waals surface area contributed by atoms with Crippen LogP contribution in [-0.4, -0.2) is 0 Å². The molecule has 0 bridgehead atoms. The number of hydrogen-bond acceptors (Lipinski definition) is 0. The molecule has 0 heterocycles. The van der Waals surface area contributed by atoms with Gasteiger partial charge in [-0.05, 0) is 71.6 Å². The topological polar surface area (TPSA) is 0 Å². The van der Waals surface area contributed by atoms with Crippen LogP contribution < -0.4 is 0 Å². The highest BCUT2D eigenvalue weighted by molar-refractivity contribution is 5.77. The first-order valence-electron chi connectivity index (χ1n) is 12.7. The molecule has 4 rings (SSSR count). The molecule has 0 saturated heterocycles. The van der Waals surface area contributed by atoms with Gasteiger partial charge in [-0.25, -0.2) is 13.2 Å². The predicted molar refractivity (Wildman–Crippen MR) is 131 cm³/mol. The quantitative estimate of drug-likeness (QED) is 0.194. The molecular weight excluding hydrogens is 493 g/mol. The van der Waals surface area contributed by atoms with Crippen molar-refractivity contribution in [2.45, 2.75) is 77.1 Å². The number of halogens is 7. The molecule has 0 amide bonds. The van der Waals surface area contributed by atoms with Crippen molar-refractivity contribution in [3.05, 3.63) is 93.3 Å². The van der Waals surface area contributed by atoms with Crippen LogP contribution in [0.2, 0.25) is 0 Å². The zero-order valence-electron chi connectivity index (χ0n) is 20.8. The van der Waals surface area contributed by atoms with Crippen molar-refractivity contribution >= 4 is 0 Å². The lowest BCUT2D eigenvalue weighted by atomic mass is 9.78. The first-order chi connectivity index (χ1) is 17.5. The highest BCUT2D eigenvalue weighted by atomic mass is 19.3. The van der Waals surface area contributed by atoms with Gasteiger partial charge in [0.1, 0.15) is 17.5 Å². The van der Waals surface area contributed by atoms with Gasteiger partial charge < -0.3 is 0 Å². The van der Waals surface area contributed by atoms with E-state index in [0.29, 0.717) is 24.0 Å². The fourth-order valence-corrected chi connectivity index (χ4v) is 5.06. The largest absolute Gasteiger partial charge is 0.343 e. The van der Waals surface area contributed by atoms with Crippen LogP contribution >= 0.6 is 0 Å². The van der Waals surface area contributed by atoms with Crippen molar-refractivity contribution in [2.75, 3.05) is 0 Å². The molecular formula is C30H29F7. The number of rotatable bonds is 9. The Morgan fingerprint density at radius 1 is 0.568 bits per heavy atom. The number of fused-ring (bicyclic) bond motifs is 3. The van der Waals surface area contributed by atoms with Crippen molar-refractivity contribution < 1.29 is 30.7 Å². The average molecular weight is 523 g/mol. The first-order valence-corrected chi connectivity index (χ1v) is 12.7. The minimum atomic E-state index is -4.95. The van der Waals surface area contributed by atoms with Gasteiger partial charge in [0.2, 0.25) is 0 Å². The summed E-state index contributed by atoms with van der Waals surface area (Å²) in [6, 6.07) is 9.56. The van der Waals surface area contributed by atoms with Crippen LogP contribution in [0.4, 0.5) is 30.7 Å². The molecule has 0 fully saturated rings. The average Bonchev–Trinajstić information content (AvgIpc) is 2.84. The second-order valence-electron chi connectivity index (χ2n) is 9.70. The van der Waals surface area contributed by atoms with Gasteiger partial charge in [-0.15, -0.1) is 0 Å². The van der Waals surface area contributed by atoms with Crippen LogP contribution in [0.5, 0.6) is 0 Å². The van der Waals surface area contributed by atoms with E-state index >= 15 is 22.0 Å². The number of alkyl halides is 4. The maximum atomic E-state index is 15.4. The molecule has 0 unspecified atom stereocenters. The molecule has 198 valence electrons. The Hall–Kier alpha value is -2.83. The maximum Gasteiger partial charge on any atom is 0.343 e. The summed E-state index contributed by atoms with van der Waals surface area (Å²) >= 11 is 0. The van der Waals surface area contributed by atoms with Crippen LogP contribution in [0.3, 0.4) is 0 Å². The third kappa shape index (κ3) is 4.77. The van der Waals surface area contributed by atoms with Gasteiger partial charge in [0.15, 0.2) is 0 Å². The second kappa shape index (κ2) is 10.5. The van der Waals surface area contributed by atoms with Gasteiger partial charge in [0.25, 0.3) is 0 Å². The molecule has 1 aliphatic carbocycles. The van der Waals surface area contributed by atoms with E-state index in [2.05, 4.69) is 6.92 Å². The Labute approximate surface area is 212 Å². The van der Waals surface area contributed by atoms with E-state index in [4.69, 9.17) is 0 Å². The lowest BCUT2D eigenvalue weighted by molar-refractivity contribution is -0.227. The van der Waals surface area contributed by atoms with Crippen molar-refractivity contribution in [2.24, 2.45) is 0 Å². The van der Waals surface area contributed by atoms with Crippen molar-refractivity contribution in [1.29, 1.82) is 0 Å². The second-order valence-corrected chi connectivity index (χ2v) is 9.70. The Morgan fingerprint density at radius 3 is 1.62 bits per heavy atom. The molecule has 0 N–H and O–H groups in total. The molecule has 0 atom stereocenters. The van der Waals surface area contributed by atoms with E-state index in [1.165, 1.54) is 18.2 Å². The number of aryl methyl sites for hydroxylation is 4. The Kier molecular flexibility index (Phi) is 7.72. The van der Waals surface area contributed by atoms with Crippen LogP contribution in [0, 0.1) is 17.5 Å². The lowest BCUT2D eigenvalue weighted by Crippen LogP contribution is -2.41. The summed E-state index contributed by atoms with van der Waals surface area (Å²) in [7, 11) is 0. The number of benzene rings is 3. The fraction of sp³-hybridized carbons (Fsp3) is 0.400. The van der Waals surface area contributed by atoms with Crippen LogP contribution in [0.25, 0.3) is 11.1 Å². The van der Waals surface area contributed by atoms with Crippen LogP contribution in [-0.2, 0) is 37.5 Å². The lowest BCUT2D eigenvalue weighted by Gasteiger charge is -2.36. The molecule has 1 aliphatic rings. The molecule has 0 nitrogen and oxygen atoms in total. The summed E-state index contributed by atoms with van der Waals surface area (Å²) in [5.41, 5.74) is -2.85. The monoisotopic (exact) mass is 522 g/mol. The minimum Gasteiger partial charge on any atom is -0.207 e. The van der Waals surface area contributed by atoms with E-state index in [1.807, 2.05) is 0 Å². The summed E-state index contributed by atoms with van der Waals surface area (Å²) in [5.74, 6) is -13.1. The Balaban J connectivity index is 1.67. The third-order valence-corrected chi connectivity index (χ3v) is 7.13. The number of hydrogen-bond donors (Lipinski definition) is 0. The SMILES string of the molecule is CCCCCc1ccc(CCc2ccc3c(c2F)C(F)(F)C(F)(F)c2c-3ccc(CCC)c2F)cc1F. The Morgan fingerprint density at radius 2 is 1.11 bits per heavy atom. The number of unbranched alkanes of at least 4 members (excludes halogenated alkanes) is 2. The summed E-state index contributed by atoms with van der Waals surface area (Å²) in [4.78, 5) is 0. The fourth-order valence-electron chi connectivity index (χ4n) is 5.06. The highest BCUT2D eigenvalue weighted by Crippen LogP contribution is 2.59. The van der Waals surface area contributed by atoms with Gasteiger partial charge in [-0.1, -0.05) is 69.5 Å². The van der Waals surface area contributed by atoms with Gasteiger partial charge in [-0.2, -0.15) is 17.6 Å². The van der Waals surface area contributed by atoms with Crippen molar-refractivity contribution in [3.63, 3.8) is 0 Å². The highest BCUT2D eigenvalue weighted by Gasteiger charge is 2.65. The van der Waals surface area contributed by atoms with Gasteiger partial charge in [0, 0.05) is 0 Å². The minimum absolute atomic E-state index is 0.0825. The first kappa shape index (κ1) is 27.2. The normalized spacial score (nSPS) is 15.4. The standard InChI is InChI=1S/C30H29F7/c1-3-5-6-8-19-11-9-18(17-24(19)31)10-12-21-14-16-23-22-15-13-20(7-4-2)27(32)25(22)29(34,35)30(36,37)26(23)28(21)33/h9,11,13-17H,3-8,10,12H2,1-2H3. The molecule has 7 heteroatoms. The van der Waals surface area contributed by atoms with E-state index in [-0.39, 0.29) is 36.2 Å². The molecule has 0 saturated carbocycles. The van der Waals surface area contributed by atoms with Crippen LogP contribution in [0.15, 0.2) is 42.5 Å². The Bertz CT molecular complexity index is 1290.